The van der Waals surface area contributed by atoms with Gasteiger partial charge in [-0.1, -0.05) is 0 Å². The molecule has 80 valence electrons. The molecule has 0 bridgehead atoms. The highest BCUT2D eigenvalue weighted by Gasteiger charge is 2.13. The molecule has 0 aliphatic heterocycles. The van der Waals surface area contributed by atoms with E-state index in [-0.39, 0.29) is 17.3 Å². The molecule has 1 rings (SSSR count). The molecule has 0 fully saturated rings. The van der Waals surface area contributed by atoms with Gasteiger partial charge in [-0.05, 0) is 12.1 Å². The van der Waals surface area contributed by atoms with E-state index >= 15 is 0 Å². The van der Waals surface area contributed by atoms with E-state index in [9.17, 15) is 9.59 Å². The quantitative estimate of drug-likeness (QED) is 0.240. The molecular weight excluding hydrogens is 200 g/mol. The summed E-state index contributed by atoms with van der Waals surface area (Å²) >= 11 is 0. The van der Waals surface area contributed by atoms with Crippen molar-refractivity contribution >= 4 is 17.8 Å². The Labute approximate surface area is 85.1 Å². The highest BCUT2D eigenvalue weighted by Crippen LogP contribution is 2.01. The zero-order chi connectivity index (χ0) is 11.4. The number of methoxy groups -OCH3 is 1. The molecule has 0 aromatic carbocycles. The fraction of sp³-hybridized carbons (Fsp3) is 0.125. The molecule has 0 spiro atoms. The molecule has 0 aliphatic carbocycles. The van der Waals surface area contributed by atoms with Crippen LogP contribution in [0, 0.1) is 0 Å². The van der Waals surface area contributed by atoms with E-state index in [0.29, 0.717) is 0 Å². The van der Waals surface area contributed by atoms with Crippen molar-refractivity contribution in [3.63, 3.8) is 0 Å². The molecular formula is C8H11N4O3+. The molecule has 1 heterocycles. The largest absolute Gasteiger partial charge is 0.464 e. The van der Waals surface area contributed by atoms with Crippen LogP contribution >= 0.6 is 0 Å². The summed E-state index contributed by atoms with van der Waals surface area (Å²) in [6, 6.07) is 2.85. The highest BCUT2D eigenvalue weighted by atomic mass is 16.5. The molecule has 6 N–H and O–H groups in total. The van der Waals surface area contributed by atoms with Crippen LogP contribution in [0.5, 0.6) is 0 Å². The lowest BCUT2D eigenvalue weighted by Gasteiger charge is -1.93. The number of hydrogen-bond donors (Lipinski definition) is 4. The van der Waals surface area contributed by atoms with Crippen molar-refractivity contribution in [2.24, 2.45) is 11.5 Å². The molecule has 0 aliphatic rings. The lowest BCUT2D eigenvalue weighted by molar-refractivity contribution is -0.347. The van der Waals surface area contributed by atoms with Gasteiger partial charge in [0.05, 0.1) is 7.11 Å². The van der Waals surface area contributed by atoms with Gasteiger partial charge in [-0.15, -0.1) is 0 Å². The van der Waals surface area contributed by atoms with E-state index in [4.69, 9.17) is 11.5 Å². The summed E-state index contributed by atoms with van der Waals surface area (Å²) in [7, 11) is 1.24. The van der Waals surface area contributed by atoms with E-state index in [1.165, 1.54) is 19.2 Å². The maximum Gasteiger partial charge on any atom is 0.354 e. The maximum absolute atomic E-state index is 11.3. The van der Waals surface area contributed by atoms with Gasteiger partial charge < -0.3 is 9.72 Å². The number of hydrogen-bond acceptors (Lipinski definition) is 3. The molecule has 0 unspecified atom stereocenters. The second-order valence-electron chi connectivity index (χ2n) is 2.69. The topological polar surface area (TPSA) is 125 Å². The van der Waals surface area contributed by atoms with Crippen LogP contribution in [0.1, 0.15) is 21.0 Å². The predicted molar refractivity (Wildman–Crippen MR) is 50.8 cm³/mol. The number of nitrogens with two attached hydrogens (primary N) is 2. The Hall–Kier alpha value is -2.31. The molecule has 1 aromatic rings. The van der Waals surface area contributed by atoms with E-state index in [0.717, 1.165) is 0 Å². The third-order valence-corrected chi connectivity index (χ3v) is 1.59. The zero-order valence-corrected chi connectivity index (χ0v) is 8.03. The number of aromatic amines is 1. The van der Waals surface area contributed by atoms with Gasteiger partial charge in [0, 0.05) is 0 Å². The van der Waals surface area contributed by atoms with Gasteiger partial charge in [0.2, 0.25) is 0 Å². The minimum Gasteiger partial charge on any atom is -0.464 e. The number of amides is 1. The van der Waals surface area contributed by atoms with Gasteiger partial charge in [0.15, 0.2) is 0 Å². The molecule has 7 nitrogen and oxygen atoms in total. The molecule has 1 aromatic heterocycles. The average molecular weight is 211 g/mol. The number of carbonyl (C=O) groups excluding carboxylic acids is 2. The number of nitrogens with one attached hydrogen (secondary N) is 2. The number of esters is 1. The van der Waals surface area contributed by atoms with Crippen molar-refractivity contribution < 1.29 is 19.3 Å². The molecule has 0 saturated carbocycles. The summed E-state index contributed by atoms with van der Waals surface area (Å²) in [4.78, 5) is 27.1. The minimum absolute atomic E-state index is 0.170. The first-order valence-corrected chi connectivity index (χ1v) is 4.01. The van der Waals surface area contributed by atoms with Gasteiger partial charge in [-0.2, -0.15) is 0 Å². The first-order chi connectivity index (χ1) is 7.04. The summed E-state index contributed by atoms with van der Waals surface area (Å²) in [5.41, 5.74) is 10.5. The Morgan fingerprint density at radius 1 is 1.33 bits per heavy atom. The van der Waals surface area contributed by atoms with Crippen LogP contribution in [0.25, 0.3) is 0 Å². The van der Waals surface area contributed by atoms with Crippen molar-refractivity contribution in [2.45, 2.75) is 0 Å². The molecule has 1 amide bonds. The first-order valence-electron chi connectivity index (χ1n) is 4.01. The number of H-pyrrole nitrogens is 1. The van der Waals surface area contributed by atoms with E-state index in [2.05, 4.69) is 14.7 Å². The van der Waals surface area contributed by atoms with E-state index < -0.39 is 11.9 Å². The lowest BCUT2D eigenvalue weighted by Crippen LogP contribution is -2.81. The Morgan fingerprint density at radius 2 is 1.93 bits per heavy atom. The first kappa shape index (κ1) is 10.8. The molecule has 0 atom stereocenters. The van der Waals surface area contributed by atoms with Gasteiger partial charge in [-0.3, -0.25) is 11.5 Å². The van der Waals surface area contributed by atoms with Crippen LogP contribution in [0.2, 0.25) is 0 Å². The van der Waals surface area contributed by atoms with Crippen LogP contribution < -0.4 is 16.5 Å². The van der Waals surface area contributed by atoms with E-state index in [1.807, 2.05) is 0 Å². The number of carbonyl (C=O) groups is 2. The highest BCUT2D eigenvalue weighted by molar-refractivity contribution is 5.92. The Bertz CT molecular complexity index is 417. The molecule has 15 heavy (non-hydrogen) atoms. The summed E-state index contributed by atoms with van der Waals surface area (Å²) in [5.74, 6) is -1.29. The summed E-state index contributed by atoms with van der Waals surface area (Å²) in [5, 5.41) is 0. The van der Waals surface area contributed by atoms with Crippen LogP contribution in [0.4, 0.5) is 0 Å². The van der Waals surface area contributed by atoms with Crippen LogP contribution in [0.15, 0.2) is 12.1 Å². The maximum atomic E-state index is 11.3. The molecule has 0 saturated heterocycles. The minimum atomic E-state index is -0.557. The average Bonchev–Trinajstić information content (AvgIpc) is 2.64. The van der Waals surface area contributed by atoms with Crippen LogP contribution in [-0.2, 0) is 4.74 Å². The fourth-order valence-electron chi connectivity index (χ4n) is 0.955. The number of ether oxygens (including phenoxy) is 1. The van der Waals surface area contributed by atoms with Crippen LogP contribution in [-0.4, -0.2) is 29.9 Å². The second-order valence-corrected chi connectivity index (χ2v) is 2.69. The smallest absolute Gasteiger partial charge is 0.354 e. The monoisotopic (exact) mass is 211 g/mol. The second kappa shape index (κ2) is 4.27. The Balaban J connectivity index is 2.90. The van der Waals surface area contributed by atoms with Crippen molar-refractivity contribution in [3.8, 4) is 0 Å². The van der Waals surface area contributed by atoms with Crippen LogP contribution in [0.3, 0.4) is 0 Å². The SMILES string of the molecule is COC(=O)c1ccc(C(=O)[NH+]=C(N)N)[nH]1. The van der Waals surface area contributed by atoms with Gasteiger partial charge in [0.1, 0.15) is 11.4 Å². The number of aromatic nitrogens is 1. The van der Waals surface area contributed by atoms with Crippen molar-refractivity contribution in [3.05, 3.63) is 23.5 Å². The Morgan fingerprint density at radius 3 is 2.47 bits per heavy atom. The number of rotatable bonds is 2. The lowest BCUT2D eigenvalue weighted by atomic mass is 10.4. The fourth-order valence-corrected chi connectivity index (χ4v) is 0.955. The Kier molecular flexibility index (Phi) is 3.06. The van der Waals surface area contributed by atoms with E-state index in [1.54, 1.807) is 0 Å². The van der Waals surface area contributed by atoms with Crippen molar-refractivity contribution in [1.29, 1.82) is 0 Å². The van der Waals surface area contributed by atoms with Gasteiger partial charge in [0.25, 0.3) is 0 Å². The van der Waals surface area contributed by atoms with Gasteiger partial charge in [-0.25, -0.2) is 14.6 Å². The molecule has 7 heteroatoms. The molecule has 0 radical (unpaired) electrons. The van der Waals surface area contributed by atoms with Crippen molar-refractivity contribution in [2.75, 3.05) is 7.11 Å². The van der Waals surface area contributed by atoms with Gasteiger partial charge >= 0.3 is 17.8 Å². The standard InChI is InChI=1S/C8H10N4O3/c1-15-7(14)5-3-2-4(11-5)6(13)12-8(9)10/h2-3,11H,1H3,(H4,9,10,12,13)/p+1. The third kappa shape index (κ3) is 2.56. The zero-order valence-electron chi connectivity index (χ0n) is 8.03. The third-order valence-electron chi connectivity index (χ3n) is 1.59. The normalized spacial score (nSPS) is 9.40. The summed E-state index contributed by atoms with van der Waals surface area (Å²) < 4.78 is 4.45. The predicted octanol–water partition coefficient (Wildman–Crippen LogP) is -2.70. The van der Waals surface area contributed by atoms with Crippen molar-refractivity contribution in [1.82, 2.24) is 4.98 Å². The summed E-state index contributed by atoms with van der Waals surface area (Å²) in [6.07, 6.45) is 0. The summed E-state index contributed by atoms with van der Waals surface area (Å²) in [6.45, 7) is 0. The number of guanidine groups is 1.